The maximum atomic E-state index is 12.4. The lowest BCUT2D eigenvalue weighted by Crippen LogP contribution is -2.33. The number of benzene rings is 3. The van der Waals surface area contributed by atoms with Gasteiger partial charge in [-0.3, -0.25) is 4.79 Å². The predicted octanol–water partition coefficient (Wildman–Crippen LogP) is 5.79. The minimum atomic E-state index is -0.781. The molecular weight excluding hydrogens is 503 g/mol. The third-order valence-corrected chi connectivity index (χ3v) is 5.42. The summed E-state index contributed by atoms with van der Waals surface area (Å²) in [5.41, 5.74) is 3.24. The highest BCUT2D eigenvalue weighted by Crippen LogP contribution is 2.29. The molecule has 7 nitrogen and oxygen atoms in total. The van der Waals surface area contributed by atoms with Crippen molar-refractivity contribution >= 4 is 52.9 Å². The maximum Gasteiger partial charge on any atom is 0.343 e. The van der Waals surface area contributed by atoms with Crippen LogP contribution in [0.25, 0.3) is 0 Å². The van der Waals surface area contributed by atoms with Crippen LogP contribution in [0.1, 0.15) is 22.8 Å². The quantitative estimate of drug-likeness (QED) is 0.175. The van der Waals surface area contributed by atoms with Crippen molar-refractivity contribution in [3.63, 3.8) is 0 Å². The van der Waals surface area contributed by atoms with E-state index in [0.717, 1.165) is 0 Å². The Kier molecular flexibility index (Phi) is 8.76. The molecule has 0 aliphatic rings. The monoisotopic (exact) mass is 520 g/mol. The van der Waals surface area contributed by atoms with Gasteiger partial charge in [-0.05, 0) is 73.2 Å². The average Bonchev–Trinajstić information content (AvgIpc) is 2.82. The molecular formula is C24H19Cl3N2O5. The summed E-state index contributed by atoms with van der Waals surface area (Å²) in [6.07, 6.45) is 0.635. The zero-order chi connectivity index (χ0) is 24.7. The van der Waals surface area contributed by atoms with Crippen LogP contribution in [0.15, 0.2) is 65.8 Å². The second-order valence-electron chi connectivity index (χ2n) is 6.88. The molecule has 1 unspecified atom stereocenters. The maximum absolute atomic E-state index is 12.4. The number of methoxy groups -OCH3 is 1. The predicted molar refractivity (Wildman–Crippen MR) is 132 cm³/mol. The number of hydrazone groups is 1. The molecule has 0 radical (unpaired) electrons. The Hall–Kier alpha value is -3.26. The van der Waals surface area contributed by atoms with Gasteiger partial charge in [0.15, 0.2) is 17.6 Å². The molecule has 3 aromatic rings. The fraction of sp³-hybridized carbons (Fsp3) is 0.125. The van der Waals surface area contributed by atoms with Crippen molar-refractivity contribution in [1.29, 1.82) is 0 Å². The lowest BCUT2D eigenvalue weighted by Gasteiger charge is -2.13. The van der Waals surface area contributed by atoms with Crippen LogP contribution in [-0.4, -0.2) is 31.3 Å². The summed E-state index contributed by atoms with van der Waals surface area (Å²) in [6.45, 7) is 1.60. The highest BCUT2D eigenvalue weighted by molar-refractivity contribution is 6.42. The van der Waals surface area contributed by atoms with Crippen molar-refractivity contribution in [3.8, 4) is 17.2 Å². The van der Waals surface area contributed by atoms with E-state index in [9.17, 15) is 9.59 Å². The van der Waals surface area contributed by atoms with Crippen LogP contribution in [0.2, 0.25) is 15.1 Å². The van der Waals surface area contributed by atoms with Crippen LogP contribution >= 0.6 is 34.8 Å². The lowest BCUT2D eigenvalue weighted by molar-refractivity contribution is -0.127. The number of amides is 1. The van der Waals surface area contributed by atoms with Gasteiger partial charge in [0.2, 0.25) is 0 Å². The lowest BCUT2D eigenvalue weighted by atomic mass is 10.2. The van der Waals surface area contributed by atoms with E-state index in [4.69, 9.17) is 49.0 Å². The zero-order valence-electron chi connectivity index (χ0n) is 18.1. The van der Waals surface area contributed by atoms with E-state index < -0.39 is 18.0 Å². The second-order valence-corrected chi connectivity index (χ2v) is 8.13. The first kappa shape index (κ1) is 25.4. The largest absolute Gasteiger partial charge is 0.493 e. The van der Waals surface area contributed by atoms with Gasteiger partial charge in [0.25, 0.3) is 5.91 Å². The molecule has 0 fully saturated rings. The van der Waals surface area contributed by atoms with Crippen LogP contribution in [0.5, 0.6) is 17.2 Å². The third-order valence-electron chi connectivity index (χ3n) is 4.43. The molecule has 1 N–H and O–H groups in total. The SMILES string of the molecule is COc1cc(C=NNC(=O)C(C)Oc2ccc(Cl)cc2)ccc1OC(=O)c1ccc(Cl)c(Cl)c1. The Balaban J connectivity index is 1.60. The molecule has 0 aliphatic heterocycles. The Morgan fingerprint density at radius 2 is 1.68 bits per heavy atom. The number of nitrogens with zero attached hydrogens (tertiary/aromatic N) is 1. The highest BCUT2D eigenvalue weighted by atomic mass is 35.5. The summed E-state index contributed by atoms with van der Waals surface area (Å²) < 4.78 is 16.3. The number of halogens is 3. The van der Waals surface area contributed by atoms with Crippen molar-refractivity contribution < 1.29 is 23.8 Å². The van der Waals surface area contributed by atoms with Gasteiger partial charge in [-0.2, -0.15) is 5.10 Å². The molecule has 3 rings (SSSR count). The molecule has 0 aromatic heterocycles. The molecule has 3 aromatic carbocycles. The van der Waals surface area contributed by atoms with Crippen molar-refractivity contribution in [2.24, 2.45) is 5.10 Å². The number of hydrogen-bond donors (Lipinski definition) is 1. The average molecular weight is 522 g/mol. The number of ether oxygens (including phenoxy) is 3. The summed E-state index contributed by atoms with van der Waals surface area (Å²) in [4.78, 5) is 24.6. The smallest absolute Gasteiger partial charge is 0.343 e. The van der Waals surface area contributed by atoms with Gasteiger partial charge in [0.05, 0.1) is 28.9 Å². The van der Waals surface area contributed by atoms with E-state index in [0.29, 0.717) is 27.1 Å². The van der Waals surface area contributed by atoms with Crippen molar-refractivity contribution in [1.82, 2.24) is 5.43 Å². The van der Waals surface area contributed by atoms with Crippen LogP contribution in [0.3, 0.4) is 0 Å². The fourth-order valence-electron chi connectivity index (χ4n) is 2.66. The first-order chi connectivity index (χ1) is 16.3. The molecule has 34 heavy (non-hydrogen) atoms. The van der Waals surface area contributed by atoms with Gasteiger partial charge >= 0.3 is 5.97 Å². The van der Waals surface area contributed by atoms with E-state index in [1.807, 2.05) is 0 Å². The van der Waals surface area contributed by atoms with E-state index in [2.05, 4.69) is 10.5 Å². The van der Waals surface area contributed by atoms with Gasteiger partial charge in [-0.25, -0.2) is 10.2 Å². The Morgan fingerprint density at radius 3 is 2.35 bits per heavy atom. The number of carbonyl (C=O) groups is 2. The molecule has 0 spiro atoms. The van der Waals surface area contributed by atoms with Crippen LogP contribution < -0.4 is 19.6 Å². The molecule has 0 aliphatic carbocycles. The standard InChI is InChI=1S/C24H19Cl3N2O5/c1-14(33-18-7-5-17(25)6-8-18)23(30)29-28-13-15-3-10-21(22(11-15)32-2)34-24(31)16-4-9-19(26)20(27)12-16/h3-14H,1-2H3,(H,29,30). The fourth-order valence-corrected chi connectivity index (χ4v) is 3.09. The van der Waals surface area contributed by atoms with E-state index in [1.165, 1.54) is 31.5 Å². The first-order valence-corrected chi connectivity index (χ1v) is 11.0. The summed E-state index contributed by atoms with van der Waals surface area (Å²) in [6, 6.07) is 15.9. The van der Waals surface area contributed by atoms with Gasteiger partial charge in [-0.1, -0.05) is 34.8 Å². The Bertz CT molecular complexity index is 1220. The molecule has 176 valence electrons. The molecule has 0 heterocycles. The van der Waals surface area contributed by atoms with Gasteiger partial charge in [-0.15, -0.1) is 0 Å². The Labute approximate surface area is 211 Å². The van der Waals surface area contributed by atoms with Crippen LogP contribution in [0, 0.1) is 0 Å². The van der Waals surface area contributed by atoms with Gasteiger partial charge in [0.1, 0.15) is 5.75 Å². The topological polar surface area (TPSA) is 86.2 Å². The summed E-state index contributed by atoms with van der Waals surface area (Å²) in [7, 11) is 1.43. The van der Waals surface area contributed by atoms with E-state index in [1.54, 1.807) is 49.4 Å². The minimum absolute atomic E-state index is 0.199. The van der Waals surface area contributed by atoms with Crippen molar-refractivity contribution in [2.75, 3.05) is 7.11 Å². The molecule has 1 amide bonds. The highest BCUT2D eigenvalue weighted by Gasteiger charge is 2.15. The summed E-state index contributed by atoms with van der Waals surface area (Å²) in [5, 5.41) is 5.07. The second kappa shape index (κ2) is 11.7. The Morgan fingerprint density at radius 1 is 0.941 bits per heavy atom. The minimum Gasteiger partial charge on any atom is -0.493 e. The van der Waals surface area contributed by atoms with Crippen molar-refractivity contribution in [3.05, 3.63) is 86.9 Å². The molecule has 1 atom stereocenters. The molecule has 0 saturated heterocycles. The number of hydrogen-bond acceptors (Lipinski definition) is 6. The number of esters is 1. The number of rotatable bonds is 8. The number of nitrogens with one attached hydrogen (secondary N) is 1. The molecule has 10 heteroatoms. The number of carbonyl (C=O) groups excluding carboxylic acids is 2. The van der Waals surface area contributed by atoms with E-state index >= 15 is 0 Å². The first-order valence-electron chi connectivity index (χ1n) is 9.87. The van der Waals surface area contributed by atoms with Crippen LogP contribution in [-0.2, 0) is 4.79 Å². The molecule has 0 saturated carbocycles. The van der Waals surface area contributed by atoms with E-state index in [-0.39, 0.29) is 16.3 Å². The van der Waals surface area contributed by atoms with Gasteiger partial charge in [0, 0.05) is 5.02 Å². The summed E-state index contributed by atoms with van der Waals surface area (Å²) in [5.74, 6) is -0.0646. The zero-order valence-corrected chi connectivity index (χ0v) is 20.3. The van der Waals surface area contributed by atoms with Gasteiger partial charge < -0.3 is 14.2 Å². The molecule has 0 bridgehead atoms. The third kappa shape index (κ3) is 6.87. The van der Waals surface area contributed by atoms with Crippen molar-refractivity contribution in [2.45, 2.75) is 13.0 Å². The normalized spacial score (nSPS) is 11.7. The summed E-state index contributed by atoms with van der Waals surface area (Å²) >= 11 is 17.7. The van der Waals surface area contributed by atoms with Crippen LogP contribution in [0.4, 0.5) is 0 Å².